The molecule has 1 saturated heterocycles. The Kier molecular flexibility index (Phi) is 3.33. The van der Waals surface area contributed by atoms with E-state index in [0.717, 1.165) is 18.0 Å². The summed E-state index contributed by atoms with van der Waals surface area (Å²) in [6, 6.07) is 0.321. The number of nitrogens with zero attached hydrogens (tertiary/aromatic N) is 1. The number of thiazole rings is 1. The fourth-order valence-corrected chi connectivity index (χ4v) is 2.61. The zero-order chi connectivity index (χ0) is 10.7. The van der Waals surface area contributed by atoms with Crippen LogP contribution in [0.15, 0.2) is 5.38 Å². The van der Waals surface area contributed by atoms with Gasteiger partial charge in [-0.2, -0.15) is 0 Å². The van der Waals surface area contributed by atoms with Crippen molar-refractivity contribution in [2.45, 2.75) is 25.3 Å². The molecule has 5 heteroatoms. The van der Waals surface area contributed by atoms with Crippen LogP contribution in [0, 0.1) is 0 Å². The Hall–Kier alpha value is -0.940. The van der Waals surface area contributed by atoms with E-state index >= 15 is 0 Å². The monoisotopic (exact) mass is 226 g/mol. The second kappa shape index (κ2) is 4.72. The number of nitrogens with one attached hydrogen (secondary N) is 1. The van der Waals surface area contributed by atoms with Gasteiger partial charge in [-0.15, -0.1) is 11.3 Å². The number of rotatable bonds is 2. The number of hydrogen-bond acceptors (Lipinski definition) is 5. The lowest BCUT2D eigenvalue weighted by atomic mass is 10.1. The first-order chi connectivity index (χ1) is 7.31. The summed E-state index contributed by atoms with van der Waals surface area (Å²) in [4.78, 5) is 15.5. The number of methoxy groups -OCH3 is 1. The highest BCUT2D eigenvalue weighted by molar-refractivity contribution is 7.09. The first kappa shape index (κ1) is 10.6. The molecular formula is C10H14N2O2S. The molecule has 15 heavy (non-hydrogen) atoms. The van der Waals surface area contributed by atoms with Crippen LogP contribution in [-0.2, 0) is 4.74 Å². The van der Waals surface area contributed by atoms with E-state index in [4.69, 9.17) is 0 Å². The molecule has 1 unspecified atom stereocenters. The third-order valence-electron chi connectivity index (χ3n) is 2.52. The maximum atomic E-state index is 11.2. The molecule has 1 aromatic rings. The molecular weight excluding hydrogens is 212 g/mol. The molecule has 0 aliphatic carbocycles. The van der Waals surface area contributed by atoms with E-state index in [1.165, 1.54) is 31.3 Å². The fourth-order valence-electron chi connectivity index (χ4n) is 1.71. The molecule has 2 rings (SSSR count). The number of carbonyl (C=O) groups is 1. The van der Waals surface area contributed by atoms with E-state index in [1.54, 1.807) is 5.38 Å². The minimum absolute atomic E-state index is 0.321. The van der Waals surface area contributed by atoms with Gasteiger partial charge in [-0.25, -0.2) is 9.78 Å². The number of aromatic nitrogens is 1. The van der Waals surface area contributed by atoms with Gasteiger partial charge in [0.15, 0.2) is 5.69 Å². The topological polar surface area (TPSA) is 51.2 Å². The van der Waals surface area contributed by atoms with Crippen molar-refractivity contribution in [1.29, 1.82) is 0 Å². The number of ether oxygens (including phenoxy) is 1. The first-order valence-electron chi connectivity index (χ1n) is 5.08. The number of carbonyl (C=O) groups excluding carboxylic acids is 1. The third-order valence-corrected chi connectivity index (χ3v) is 3.48. The Morgan fingerprint density at radius 3 is 3.20 bits per heavy atom. The predicted molar refractivity (Wildman–Crippen MR) is 58.0 cm³/mol. The van der Waals surface area contributed by atoms with Crippen LogP contribution < -0.4 is 5.32 Å². The van der Waals surface area contributed by atoms with Crippen molar-refractivity contribution in [3.8, 4) is 0 Å². The standard InChI is InChI=1S/C10H14N2O2S/c1-14-10(13)8-6-15-9(12-8)7-4-2-3-5-11-7/h6-7,11H,2-5H2,1H3. The van der Waals surface area contributed by atoms with Crippen molar-refractivity contribution in [2.24, 2.45) is 0 Å². The van der Waals surface area contributed by atoms with Gasteiger partial charge in [0.05, 0.1) is 13.2 Å². The van der Waals surface area contributed by atoms with Gasteiger partial charge in [0, 0.05) is 5.38 Å². The van der Waals surface area contributed by atoms with Gasteiger partial charge in [-0.3, -0.25) is 0 Å². The van der Waals surface area contributed by atoms with Gasteiger partial charge in [0.2, 0.25) is 0 Å². The zero-order valence-electron chi connectivity index (χ0n) is 8.66. The van der Waals surface area contributed by atoms with Crippen LogP contribution >= 0.6 is 11.3 Å². The van der Waals surface area contributed by atoms with Gasteiger partial charge in [0.25, 0.3) is 0 Å². The van der Waals surface area contributed by atoms with Crippen LogP contribution in [0.25, 0.3) is 0 Å². The first-order valence-corrected chi connectivity index (χ1v) is 5.96. The van der Waals surface area contributed by atoms with E-state index < -0.39 is 0 Å². The average molecular weight is 226 g/mol. The number of esters is 1. The normalized spacial score (nSPS) is 21.3. The summed E-state index contributed by atoms with van der Waals surface area (Å²) in [5.74, 6) is -0.353. The van der Waals surface area contributed by atoms with Crippen molar-refractivity contribution in [3.63, 3.8) is 0 Å². The maximum absolute atomic E-state index is 11.2. The van der Waals surface area contributed by atoms with Crippen molar-refractivity contribution in [2.75, 3.05) is 13.7 Å². The molecule has 0 spiro atoms. The molecule has 1 aromatic heterocycles. The van der Waals surface area contributed by atoms with Gasteiger partial charge >= 0.3 is 5.97 Å². The highest BCUT2D eigenvalue weighted by Crippen LogP contribution is 2.25. The van der Waals surface area contributed by atoms with Crippen molar-refractivity contribution >= 4 is 17.3 Å². The highest BCUT2D eigenvalue weighted by Gasteiger charge is 2.19. The largest absolute Gasteiger partial charge is 0.464 e. The van der Waals surface area contributed by atoms with Gasteiger partial charge in [-0.05, 0) is 19.4 Å². The van der Waals surface area contributed by atoms with Crippen LogP contribution in [0.1, 0.15) is 40.8 Å². The molecule has 0 bridgehead atoms. The molecule has 1 N–H and O–H groups in total. The van der Waals surface area contributed by atoms with Crippen molar-refractivity contribution in [3.05, 3.63) is 16.1 Å². The molecule has 2 heterocycles. The molecule has 4 nitrogen and oxygen atoms in total. The number of piperidine rings is 1. The summed E-state index contributed by atoms with van der Waals surface area (Å²) in [6.07, 6.45) is 3.56. The summed E-state index contributed by atoms with van der Waals surface area (Å²) in [5.41, 5.74) is 0.421. The SMILES string of the molecule is COC(=O)c1csc(C2CCCCN2)n1. The van der Waals surface area contributed by atoms with Gasteiger partial charge in [0.1, 0.15) is 5.01 Å². The molecule has 0 radical (unpaired) electrons. The zero-order valence-corrected chi connectivity index (χ0v) is 9.47. The lowest BCUT2D eigenvalue weighted by Gasteiger charge is -2.21. The maximum Gasteiger partial charge on any atom is 0.357 e. The molecule has 1 aliphatic heterocycles. The van der Waals surface area contributed by atoms with Gasteiger partial charge < -0.3 is 10.1 Å². The summed E-state index contributed by atoms with van der Waals surface area (Å²) in [7, 11) is 1.38. The van der Waals surface area contributed by atoms with E-state index in [-0.39, 0.29) is 5.97 Å². The minimum atomic E-state index is -0.353. The van der Waals surface area contributed by atoms with E-state index in [0.29, 0.717) is 11.7 Å². The van der Waals surface area contributed by atoms with E-state index in [9.17, 15) is 4.79 Å². The third kappa shape index (κ3) is 2.35. The van der Waals surface area contributed by atoms with Crippen molar-refractivity contribution in [1.82, 2.24) is 10.3 Å². The second-order valence-electron chi connectivity index (χ2n) is 3.57. The quantitative estimate of drug-likeness (QED) is 0.780. The summed E-state index contributed by atoms with van der Waals surface area (Å²) in [6.45, 7) is 1.04. The van der Waals surface area contributed by atoms with Gasteiger partial charge in [-0.1, -0.05) is 6.42 Å². The Bertz CT molecular complexity index is 345. The summed E-state index contributed by atoms with van der Waals surface area (Å²) >= 11 is 1.53. The van der Waals surface area contributed by atoms with Crippen LogP contribution in [0.4, 0.5) is 0 Å². The average Bonchev–Trinajstić information content (AvgIpc) is 2.78. The van der Waals surface area contributed by atoms with E-state index in [1.807, 2.05) is 0 Å². The molecule has 0 aromatic carbocycles. The second-order valence-corrected chi connectivity index (χ2v) is 4.45. The molecule has 1 fully saturated rings. The lowest BCUT2D eigenvalue weighted by Crippen LogP contribution is -2.26. The minimum Gasteiger partial charge on any atom is -0.464 e. The fraction of sp³-hybridized carbons (Fsp3) is 0.600. The summed E-state index contributed by atoms with van der Waals surface area (Å²) < 4.78 is 4.62. The summed E-state index contributed by atoms with van der Waals surface area (Å²) in [5, 5.41) is 6.16. The van der Waals surface area contributed by atoms with Crippen LogP contribution in [0.2, 0.25) is 0 Å². The van der Waals surface area contributed by atoms with Crippen LogP contribution in [-0.4, -0.2) is 24.6 Å². The Balaban J connectivity index is 2.08. The molecule has 0 saturated carbocycles. The Morgan fingerprint density at radius 1 is 1.67 bits per heavy atom. The van der Waals surface area contributed by atoms with Crippen molar-refractivity contribution < 1.29 is 9.53 Å². The molecule has 82 valence electrons. The highest BCUT2D eigenvalue weighted by atomic mass is 32.1. The molecule has 1 atom stereocenters. The number of hydrogen-bond donors (Lipinski definition) is 1. The molecule has 1 aliphatic rings. The smallest absolute Gasteiger partial charge is 0.357 e. The van der Waals surface area contributed by atoms with Crippen LogP contribution in [0.3, 0.4) is 0 Å². The van der Waals surface area contributed by atoms with E-state index in [2.05, 4.69) is 15.0 Å². The van der Waals surface area contributed by atoms with Crippen LogP contribution in [0.5, 0.6) is 0 Å². The predicted octanol–water partition coefficient (Wildman–Crippen LogP) is 1.74. The molecule has 0 amide bonds. The Labute approximate surface area is 92.7 Å². The lowest BCUT2D eigenvalue weighted by molar-refractivity contribution is 0.0594. The Morgan fingerprint density at radius 2 is 2.53 bits per heavy atom.